The maximum Gasteiger partial charge on any atom is 0.221 e. The number of amides is 1. The summed E-state index contributed by atoms with van der Waals surface area (Å²) in [6.45, 7) is 5.03. The molecule has 0 aliphatic rings. The highest BCUT2D eigenvalue weighted by Crippen LogP contribution is 2.25. The molecular weight excluding hydrogens is 499 g/mol. The number of carbonyl (C=O) groups excluding carboxylic acids is 1. The molecule has 0 fully saturated rings. The Labute approximate surface area is 194 Å². The summed E-state index contributed by atoms with van der Waals surface area (Å²) >= 11 is 1.82. The van der Waals surface area contributed by atoms with Crippen molar-refractivity contribution in [3.8, 4) is 5.75 Å². The van der Waals surface area contributed by atoms with Crippen LogP contribution in [0.5, 0.6) is 5.75 Å². The highest BCUT2D eigenvalue weighted by molar-refractivity contribution is 14.0. The number of benzene rings is 2. The average Bonchev–Trinajstić information content (AvgIpc) is 2.68. The lowest BCUT2D eigenvalue weighted by Gasteiger charge is -2.16. The lowest BCUT2D eigenvalue weighted by atomic mass is 10.2. The minimum Gasteiger partial charge on any atom is -0.495 e. The zero-order valence-electron chi connectivity index (χ0n) is 17.2. The Balaban J connectivity index is 0.00000420. The van der Waals surface area contributed by atoms with Crippen LogP contribution in [0.15, 0.2) is 58.4 Å². The first-order valence-corrected chi connectivity index (χ1v) is 10.0. The van der Waals surface area contributed by atoms with Crippen LogP contribution >= 0.6 is 35.7 Å². The first-order valence-electron chi connectivity index (χ1n) is 9.12. The molecule has 0 saturated carbocycles. The Kier molecular flexibility index (Phi) is 11.5. The number of halogens is 1. The quantitative estimate of drug-likeness (QED) is 0.208. The largest absolute Gasteiger partial charge is 0.495 e. The Hall–Kier alpha value is -1.94. The predicted molar refractivity (Wildman–Crippen MR) is 133 cm³/mol. The SMILES string of the molecule is CN=C(NCc1ccc(OC)c(NC(C)=O)c1)NCC(C)Sc1ccccc1.I. The van der Waals surface area contributed by atoms with Crippen LogP contribution in [0.25, 0.3) is 0 Å². The van der Waals surface area contributed by atoms with Crippen molar-refractivity contribution in [3.05, 3.63) is 54.1 Å². The van der Waals surface area contributed by atoms with Crippen LogP contribution in [0.3, 0.4) is 0 Å². The van der Waals surface area contributed by atoms with Crippen molar-refractivity contribution in [1.29, 1.82) is 0 Å². The van der Waals surface area contributed by atoms with Crippen molar-refractivity contribution in [1.82, 2.24) is 10.6 Å². The number of nitrogens with one attached hydrogen (secondary N) is 3. The van der Waals surface area contributed by atoms with E-state index < -0.39 is 0 Å². The van der Waals surface area contributed by atoms with Crippen molar-refractivity contribution < 1.29 is 9.53 Å². The fraction of sp³-hybridized carbons (Fsp3) is 0.333. The molecule has 158 valence electrons. The van der Waals surface area contributed by atoms with E-state index in [4.69, 9.17) is 4.74 Å². The fourth-order valence-electron chi connectivity index (χ4n) is 2.57. The molecule has 2 rings (SSSR count). The molecule has 0 radical (unpaired) electrons. The first-order chi connectivity index (χ1) is 13.5. The van der Waals surface area contributed by atoms with Crippen molar-refractivity contribution in [2.24, 2.45) is 4.99 Å². The fourth-order valence-corrected chi connectivity index (χ4v) is 3.52. The molecule has 1 unspecified atom stereocenters. The molecule has 0 spiro atoms. The average molecular weight is 528 g/mol. The van der Waals surface area contributed by atoms with Gasteiger partial charge in [0, 0.05) is 37.2 Å². The van der Waals surface area contributed by atoms with Gasteiger partial charge in [-0.2, -0.15) is 0 Å². The number of thioether (sulfide) groups is 1. The van der Waals surface area contributed by atoms with Gasteiger partial charge < -0.3 is 20.7 Å². The van der Waals surface area contributed by atoms with Gasteiger partial charge in [-0.15, -0.1) is 35.7 Å². The molecule has 2 aromatic carbocycles. The number of methoxy groups -OCH3 is 1. The van der Waals surface area contributed by atoms with Crippen LogP contribution in [0.2, 0.25) is 0 Å². The molecular formula is C21H29IN4O2S. The third kappa shape index (κ3) is 8.95. The van der Waals surface area contributed by atoms with E-state index in [1.807, 2.05) is 48.2 Å². The number of carbonyl (C=O) groups is 1. The van der Waals surface area contributed by atoms with Crippen LogP contribution in [0, 0.1) is 0 Å². The molecule has 0 aliphatic carbocycles. The summed E-state index contributed by atoms with van der Waals surface area (Å²) in [5.74, 6) is 1.23. The van der Waals surface area contributed by atoms with Crippen molar-refractivity contribution in [3.63, 3.8) is 0 Å². The zero-order valence-corrected chi connectivity index (χ0v) is 20.3. The van der Waals surface area contributed by atoms with Crippen molar-refractivity contribution >= 4 is 53.3 Å². The highest BCUT2D eigenvalue weighted by Gasteiger charge is 2.08. The summed E-state index contributed by atoms with van der Waals surface area (Å²) in [6.07, 6.45) is 0. The summed E-state index contributed by atoms with van der Waals surface area (Å²) in [4.78, 5) is 16.9. The normalized spacial score (nSPS) is 11.8. The van der Waals surface area contributed by atoms with E-state index in [1.165, 1.54) is 11.8 Å². The number of hydrogen-bond donors (Lipinski definition) is 3. The molecule has 0 saturated heterocycles. The summed E-state index contributed by atoms with van der Waals surface area (Å²) in [5.41, 5.74) is 1.67. The third-order valence-electron chi connectivity index (χ3n) is 3.90. The second-order valence-electron chi connectivity index (χ2n) is 6.26. The molecule has 0 heterocycles. The van der Waals surface area contributed by atoms with Crippen molar-refractivity contribution in [2.45, 2.75) is 30.5 Å². The van der Waals surface area contributed by atoms with Gasteiger partial charge in [-0.25, -0.2) is 0 Å². The molecule has 1 amide bonds. The predicted octanol–water partition coefficient (Wildman–Crippen LogP) is 4.12. The summed E-state index contributed by atoms with van der Waals surface area (Å²) in [6, 6.07) is 16.0. The summed E-state index contributed by atoms with van der Waals surface area (Å²) in [5, 5.41) is 9.84. The van der Waals surface area contributed by atoms with E-state index in [9.17, 15) is 4.79 Å². The van der Waals surface area contributed by atoms with E-state index in [0.717, 1.165) is 18.1 Å². The molecule has 6 nitrogen and oxygen atoms in total. The molecule has 2 aromatic rings. The highest BCUT2D eigenvalue weighted by atomic mass is 127. The maximum absolute atomic E-state index is 11.4. The molecule has 0 bridgehead atoms. The second kappa shape index (κ2) is 13.3. The van der Waals surface area contributed by atoms with Gasteiger partial charge in [-0.05, 0) is 29.8 Å². The number of hydrogen-bond acceptors (Lipinski definition) is 4. The van der Waals surface area contributed by atoms with Gasteiger partial charge in [0.2, 0.25) is 5.91 Å². The molecule has 8 heteroatoms. The van der Waals surface area contributed by atoms with Crippen molar-refractivity contribution in [2.75, 3.05) is 26.0 Å². The number of ether oxygens (including phenoxy) is 1. The lowest BCUT2D eigenvalue weighted by Crippen LogP contribution is -2.39. The van der Waals surface area contributed by atoms with Gasteiger partial charge in [-0.3, -0.25) is 9.79 Å². The van der Waals surface area contributed by atoms with Gasteiger partial charge >= 0.3 is 0 Å². The number of guanidine groups is 1. The molecule has 3 N–H and O–H groups in total. The van der Waals surface area contributed by atoms with E-state index in [2.05, 4.69) is 40.0 Å². The maximum atomic E-state index is 11.4. The second-order valence-corrected chi connectivity index (χ2v) is 7.78. The third-order valence-corrected chi connectivity index (χ3v) is 5.01. The van der Waals surface area contributed by atoms with Gasteiger partial charge in [-0.1, -0.05) is 31.2 Å². The van der Waals surface area contributed by atoms with Gasteiger partial charge in [0.25, 0.3) is 0 Å². The van der Waals surface area contributed by atoms with Gasteiger partial charge in [0.15, 0.2) is 5.96 Å². The molecule has 0 aliphatic heterocycles. The minimum atomic E-state index is -0.134. The molecule has 0 aromatic heterocycles. The van der Waals surface area contributed by atoms with Crippen LogP contribution in [0.4, 0.5) is 5.69 Å². The number of nitrogens with zero attached hydrogens (tertiary/aromatic N) is 1. The molecule has 29 heavy (non-hydrogen) atoms. The molecule has 1 atom stereocenters. The van der Waals surface area contributed by atoms with Crippen LogP contribution in [-0.2, 0) is 11.3 Å². The standard InChI is InChI=1S/C21H28N4O2S.HI/c1-15(28-18-8-6-5-7-9-18)13-23-21(22-3)24-14-17-10-11-20(27-4)19(12-17)25-16(2)26;/h5-12,15H,13-14H2,1-4H3,(H,25,26)(H2,22,23,24);1H. The summed E-state index contributed by atoms with van der Waals surface area (Å²) in [7, 11) is 3.33. The van der Waals surface area contributed by atoms with E-state index in [0.29, 0.717) is 23.2 Å². The topological polar surface area (TPSA) is 74.8 Å². The van der Waals surface area contributed by atoms with Gasteiger partial charge in [0.1, 0.15) is 5.75 Å². The lowest BCUT2D eigenvalue weighted by molar-refractivity contribution is -0.114. The Morgan fingerprint density at radius 3 is 2.52 bits per heavy atom. The van der Waals surface area contributed by atoms with E-state index in [-0.39, 0.29) is 29.9 Å². The number of aliphatic imine (C=N–C) groups is 1. The Morgan fingerprint density at radius 2 is 1.90 bits per heavy atom. The minimum absolute atomic E-state index is 0. The monoisotopic (exact) mass is 528 g/mol. The van der Waals surface area contributed by atoms with E-state index >= 15 is 0 Å². The van der Waals surface area contributed by atoms with E-state index in [1.54, 1.807) is 14.2 Å². The Bertz CT molecular complexity index is 803. The van der Waals surface area contributed by atoms with Crippen LogP contribution in [0.1, 0.15) is 19.4 Å². The number of rotatable bonds is 8. The smallest absolute Gasteiger partial charge is 0.221 e. The number of anilines is 1. The zero-order chi connectivity index (χ0) is 20.4. The first kappa shape index (κ1) is 25.1. The van der Waals surface area contributed by atoms with Gasteiger partial charge in [0.05, 0.1) is 12.8 Å². The summed E-state index contributed by atoms with van der Waals surface area (Å²) < 4.78 is 5.29. The Morgan fingerprint density at radius 1 is 1.17 bits per heavy atom. The van der Waals surface area contributed by atoms with Crippen LogP contribution < -0.4 is 20.7 Å². The van der Waals surface area contributed by atoms with Crippen LogP contribution in [-0.4, -0.2) is 37.8 Å².